The van der Waals surface area contributed by atoms with Crippen molar-refractivity contribution in [1.29, 1.82) is 5.26 Å². The zero-order valence-electron chi connectivity index (χ0n) is 21.0. The summed E-state index contributed by atoms with van der Waals surface area (Å²) < 4.78 is 8.13. The number of ether oxygens (including phenoxy) is 1. The number of rotatable bonds is 7. The molecule has 1 amide bonds. The number of carbonyl (C=O) groups is 1. The molecule has 0 radical (unpaired) electrons. The lowest BCUT2D eigenvalue weighted by molar-refractivity contribution is -0.117. The summed E-state index contributed by atoms with van der Waals surface area (Å²) >= 11 is 0. The number of benzene rings is 2. The third-order valence-corrected chi connectivity index (χ3v) is 6.75. The molecule has 1 heterocycles. The Morgan fingerprint density at radius 1 is 1.11 bits per heavy atom. The molecule has 1 aliphatic carbocycles. The Morgan fingerprint density at radius 2 is 1.83 bits per heavy atom. The highest BCUT2D eigenvalue weighted by molar-refractivity contribution is 6.04. The summed E-state index contributed by atoms with van der Waals surface area (Å²) in [6, 6.07) is 18.6. The lowest BCUT2D eigenvalue weighted by Gasteiger charge is -2.22. The summed E-state index contributed by atoms with van der Waals surface area (Å²) in [7, 11) is 0. The number of nitrogens with zero attached hydrogens (tertiary/aromatic N) is 2. The maximum Gasteiger partial charge on any atom is 0.262 e. The maximum atomic E-state index is 12.8. The molecule has 4 rings (SSSR count). The average molecular weight is 470 g/mol. The summed E-state index contributed by atoms with van der Waals surface area (Å²) in [4.78, 5) is 12.8. The molecule has 35 heavy (non-hydrogen) atoms. The van der Waals surface area contributed by atoms with Gasteiger partial charge in [-0.3, -0.25) is 4.79 Å². The molecule has 0 bridgehead atoms. The number of aromatic nitrogens is 1. The molecule has 5 nitrogen and oxygen atoms in total. The molecule has 3 aromatic rings. The van der Waals surface area contributed by atoms with E-state index in [9.17, 15) is 10.1 Å². The van der Waals surface area contributed by atoms with Gasteiger partial charge in [-0.25, -0.2) is 0 Å². The molecule has 0 unspecified atom stereocenters. The molecule has 0 saturated heterocycles. The van der Waals surface area contributed by atoms with Gasteiger partial charge in [0.1, 0.15) is 24.0 Å². The number of hydrogen-bond donors (Lipinski definition) is 1. The molecule has 1 aromatic heterocycles. The maximum absolute atomic E-state index is 12.8. The van der Waals surface area contributed by atoms with Crippen LogP contribution in [0, 0.1) is 11.3 Å². The largest absolute Gasteiger partial charge is 0.492 e. The molecule has 1 N–H and O–H groups in total. The van der Waals surface area contributed by atoms with Crippen molar-refractivity contribution >= 4 is 22.9 Å². The third kappa shape index (κ3) is 6.14. The van der Waals surface area contributed by atoms with E-state index in [-0.39, 0.29) is 22.9 Å². The average Bonchev–Trinajstić information content (AvgIpc) is 3.20. The minimum atomic E-state index is -0.279. The first-order valence-corrected chi connectivity index (χ1v) is 12.6. The van der Waals surface area contributed by atoms with Crippen LogP contribution in [-0.2, 0) is 16.8 Å². The molecule has 2 aromatic carbocycles. The van der Waals surface area contributed by atoms with Gasteiger partial charge >= 0.3 is 0 Å². The minimum absolute atomic E-state index is 0.113. The first-order valence-electron chi connectivity index (χ1n) is 12.6. The third-order valence-electron chi connectivity index (χ3n) is 6.75. The molecule has 1 aliphatic rings. The summed E-state index contributed by atoms with van der Waals surface area (Å²) in [5.41, 5.74) is 3.45. The van der Waals surface area contributed by atoms with Gasteiger partial charge < -0.3 is 14.6 Å². The Bertz CT molecular complexity index is 1230. The van der Waals surface area contributed by atoms with Crippen LogP contribution in [0.2, 0.25) is 0 Å². The van der Waals surface area contributed by atoms with Crippen molar-refractivity contribution < 1.29 is 9.53 Å². The number of amides is 1. The fraction of sp³-hybridized carbons (Fsp3) is 0.400. The Kier molecular flexibility index (Phi) is 7.60. The standard InChI is InChI=1S/C30H35N3O2/c1-30(2,3)24-13-15-26(16-14-24)35-18-17-33-21-23(27-11-7-8-12-28(27)33)19-22(20-31)29(34)32-25-9-5-4-6-10-25/h7-8,11-16,19,21,25H,4-6,9-10,17-18H2,1-3H3,(H,32,34). The van der Waals surface area contributed by atoms with Crippen molar-refractivity contribution in [3.05, 3.63) is 71.4 Å². The van der Waals surface area contributed by atoms with Gasteiger partial charge in [-0.1, -0.05) is 70.4 Å². The van der Waals surface area contributed by atoms with Gasteiger partial charge in [-0.2, -0.15) is 5.26 Å². The lowest BCUT2D eigenvalue weighted by atomic mass is 9.87. The van der Waals surface area contributed by atoms with E-state index in [1.54, 1.807) is 6.08 Å². The van der Waals surface area contributed by atoms with Crippen molar-refractivity contribution in [3.63, 3.8) is 0 Å². The summed E-state index contributed by atoms with van der Waals surface area (Å²) in [5.74, 6) is 0.569. The molecule has 1 fully saturated rings. The number of para-hydroxylation sites is 1. The fourth-order valence-electron chi connectivity index (χ4n) is 4.70. The first-order chi connectivity index (χ1) is 16.8. The highest BCUT2D eigenvalue weighted by Gasteiger charge is 2.19. The van der Waals surface area contributed by atoms with Crippen LogP contribution in [0.25, 0.3) is 17.0 Å². The Labute approximate surface area is 208 Å². The first kappa shape index (κ1) is 24.6. The zero-order valence-corrected chi connectivity index (χ0v) is 21.0. The Hall–Kier alpha value is -3.52. The van der Waals surface area contributed by atoms with Gasteiger partial charge in [0.2, 0.25) is 0 Å². The number of fused-ring (bicyclic) bond motifs is 1. The van der Waals surface area contributed by atoms with Gasteiger partial charge in [0.05, 0.1) is 6.54 Å². The van der Waals surface area contributed by atoms with Gasteiger partial charge in [-0.15, -0.1) is 0 Å². The SMILES string of the molecule is CC(C)(C)c1ccc(OCCn2cc(C=C(C#N)C(=O)NC3CCCCC3)c3ccccc32)cc1. The minimum Gasteiger partial charge on any atom is -0.492 e. The normalized spacial score (nSPS) is 15.1. The van der Waals surface area contributed by atoms with E-state index in [0.29, 0.717) is 13.2 Å². The molecule has 182 valence electrons. The second kappa shape index (κ2) is 10.8. The van der Waals surface area contributed by atoms with E-state index in [1.807, 2.05) is 36.5 Å². The topological polar surface area (TPSA) is 67.0 Å². The predicted octanol–water partition coefficient (Wildman–Crippen LogP) is 6.37. The summed E-state index contributed by atoms with van der Waals surface area (Å²) in [6.45, 7) is 7.77. The predicted molar refractivity (Wildman–Crippen MR) is 141 cm³/mol. The van der Waals surface area contributed by atoms with Crippen molar-refractivity contribution in [2.24, 2.45) is 0 Å². The quantitative estimate of drug-likeness (QED) is 0.323. The Balaban J connectivity index is 1.47. The molecule has 1 saturated carbocycles. The van der Waals surface area contributed by atoms with Crippen molar-refractivity contribution in [2.75, 3.05) is 6.61 Å². The molecule has 5 heteroatoms. The van der Waals surface area contributed by atoms with E-state index in [2.05, 4.69) is 54.9 Å². The Morgan fingerprint density at radius 3 is 2.51 bits per heavy atom. The van der Waals surface area contributed by atoms with E-state index in [0.717, 1.165) is 47.9 Å². The monoisotopic (exact) mass is 469 g/mol. The van der Waals surface area contributed by atoms with Crippen molar-refractivity contribution in [3.8, 4) is 11.8 Å². The highest BCUT2D eigenvalue weighted by atomic mass is 16.5. The smallest absolute Gasteiger partial charge is 0.262 e. The van der Waals surface area contributed by atoms with Gasteiger partial charge in [-0.05, 0) is 48.1 Å². The number of carbonyl (C=O) groups excluding carboxylic acids is 1. The molecular weight excluding hydrogens is 434 g/mol. The molecule has 0 spiro atoms. The number of nitrogens with one attached hydrogen (secondary N) is 1. The summed E-state index contributed by atoms with van der Waals surface area (Å²) in [6.07, 6.45) is 9.18. The van der Waals surface area contributed by atoms with Crippen molar-refractivity contribution in [2.45, 2.75) is 70.9 Å². The van der Waals surface area contributed by atoms with Crippen LogP contribution >= 0.6 is 0 Å². The lowest BCUT2D eigenvalue weighted by Crippen LogP contribution is -2.36. The van der Waals surface area contributed by atoms with E-state index in [4.69, 9.17) is 4.74 Å². The van der Waals surface area contributed by atoms with Gasteiger partial charge in [0, 0.05) is 28.7 Å². The number of hydrogen-bond acceptors (Lipinski definition) is 3. The summed E-state index contributed by atoms with van der Waals surface area (Å²) in [5, 5.41) is 13.8. The second-order valence-corrected chi connectivity index (χ2v) is 10.4. The van der Waals surface area contributed by atoms with Crippen LogP contribution in [0.15, 0.2) is 60.3 Å². The van der Waals surface area contributed by atoms with E-state index in [1.165, 1.54) is 12.0 Å². The molecule has 0 atom stereocenters. The zero-order chi connectivity index (χ0) is 24.8. The van der Waals surface area contributed by atoms with Crippen LogP contribution < -0.4 is 10.1 Å². The van der Waals surface area contributed by atoms with Gasteiger partial charge in [0.15, 0.2) is 0 Å². The van der Waals surface area contributed by atoms with Crippen LogP contribution in [0.4, 0.5) is 0 Å². The van der Waals surface area contributed by atoms with Crippen LogP contribution in [0.3, 0.4) is 0 Å². The van der Waals surface area contributed by atoms with E-state index >= 15 is 0 Å². The molecular formula is C30H35N3O2. The van der Waals surface area contributed by atoms with Crippen LogP contribution in [0.5, 0.6) is 5.75 Å². The highest BCUT2D eigenvalue weighted by Crippen LogP contribution is 2.26. The van der Waals surface area contributed by atoms with E-state index < -0.39 is 0 Å². The molecule has 0 aliphatic heterocycles. The number of nitriles is 1. The fourth-order valence-corrected chi connectivity index (χ4v) is 4.70. The van der Waals surface area contributed by atoms with Crippen LogP contribution in [-0.4, -0.2) is 23.1 Å². The van der Waals surface area contributed by atoms with Crippen LogP contribution in [0.1, 0.15) is 64.0 Å². The second-order valence-electron chi connectivity index (χ2n) is 10.4. The van der Waals surface area contributed by atoms with Crippen molar-refractivity contribution in [1.82, 2.24) is 9.88 Å². The van der Waals surface area contributed by atoms with Gasteiger partial charge in [0.25, 0.3) is 5.91 Å².